The standard InChI is InChI=1S/C20H25N3OS/c1-4-5-6-16-8-11-18(12-9-16)21-20(25)23-22-19(24)17-10-7-14(2)15(3)13-17/h7-13H,4-6H2,1-3H3,(H,22,24)(H2,21,23,25). The van der Waals surface area contributed by atoms with Gasteiger partial charge in [-0.25, -0.2) is 0 Å². The van der Waals surface area contributed by atoms with Gasteiger partial charge >= 0.3 is 0 Å². The molecule has 25 heavy (non-hydrogen) atoms. The number of rotatable bonds is 5. The highest BCUT2D eigenvalue weighted by atomic mass is 32.1. The molecule has 0 atom stereocenters. The Morgan fingerprint density at radius 3 is 2.36 bits per heavy atom. The minimum absolute atomic E-state index is 0.220. The van der Waals surface area contributed by atoms with Gasteiger partial charge in [0.05, 0.1) is 0 Å². The highest BCUT2D eigenvalue weighted by molar-refractivity contribution is 7.80. The lowest BCUT2D eigenvalue weighted by molar-refractivity contribution is 0.0944. The number of benzene rings is 2. The van der Waals surface area contributed by atoms with E-state index in [0.717, 1.165) is 23.2 Å². The number of thiocarbonyl (C=S) groups is 1. The Morgan fingerprint density at radius 1 is 1.00 bits per heavy atom. The maximum Gasteiger partial charge on any atom is 0.269 e. The van der Waals surface area contributed by atoms with Crippen LogP contribution in [0.5, 0.6) is 0 Å². The molecule has 1 amide bonds. The van der Waals surface area contributed by atoms with Crippen LogP contribution in [0.3, 0.4) is 0 Å². The molecule has 3 N–H and O–H groups in total. The van der Waals surface area contributed by atoms with E-state index in [1.807, 2.05) is 38.1 Å². The molecular formula is C20H25N3OS. The third-order valence-electron chi connectivity index (χ3n) is 4.09. The molecule has 2 rings (SSSR count). The molecule has 0 aliphatic heterocycles. The predicted octanol–water partition coefficient (Wildman–Crippen LogP) is 4.28. The molecular weight excluding hydrogens is 330 g/mol. The summed E-state index contributed by atoms with van der Waals surface area (Å²) in [7, 11) is 0. The van der Waals surface area contributed by atoms with Crippen molar-refractivity contribution in [3.05, 3.63) is 64.7 Å². The molecule has 0 aliphatic carbocycles. The summed E-state index contributed by atoms with van der Waals surface area (Å²) in [6, 6.07) is 13.8. The quantitative estimate of drug-likeness (QED) is 0.554. The highest BCUT2D eigenvalue weighted by Crippen LogP contribution is 2.12. The lowest BCUT2D eigenvalue weighted by Crippen LogP contribution is -2.43. The third kappa shape index (κ3) is 5.87. The molecule has 0 spiro atoms. The van der Waals surface area contributed by atoms with E-state index in [0.29, 0.717) is 10.7 Å². The predicted molar refractivity (Wildman–Crippen MR) is 108 cm³/mol. The van der Waals surface area contributed by atoms with E-state index in [4.69, 9.17) is 12.2 Å². The summed E-state index contributed by atoms with van der Waals surface area (Å²) in [6.45, 7) is 6.18. The number of hydrogen-bond donors (Lipinski definition) is 3. The zero-order valence-corrected chi connectivity index (χ0v) is 15.8. The van der Waals surface area contributed by atoms with Gasteiger partial charge in [-0.05, 0) is 79.9 Å². The number of nitrogens with one attached hydrogen (secondary N) is 3. The van der Waals surface area contributed by atoms with E-state index in [1.165, 1.54) is 18.4 Å². The molecule has 132 valence electrons. The van der Waals surface area contributed by atoms with Gasteiger partial charge in [0.15, 0.2) is 5.11 Å². The molecule has 0 fully saturated rings. The van der Waals surface area contributed by atoms with Gasteiger partial charge in [0.1, 0.15) is 0 Å². The van der Waals surface area contributed by atoms with Crippen LogP contribution in [-0.2, 0) is 6.42 Å². The van der Waals surface area contributed by atoms with Crippen molar-refractivity contribution in [1.29, 1.82) is 0 Å². The van der Waals surface area contributed by atoms with Crippen LogP contribution in [0.2, 0.25) is 0 Å². The van der Waals surface area contributed by atoms with Crippen LogP contribution in [0.1, 0.15) is 46.8 Å². The Kier molecular flexibility index (Phi) is 6.95. The molecule has 0 radical (unpaired) electrons. The second kappa shape index (κ2) is 9.18. The average molecular weight is 356 g/mol. The molecule has 0 bridgehead atoms. The van der Waals surface area contributed by atoms with Crippen molar-refractivity contribution in [1.82, 2.24) is 10.9 Å². The lowest BCUT2D eigenvalue weighted by atomic mass is 10.1. The van der Waals surface area contributed by atoms with Crippen molar-refractivity contribution in [2.75, 3.05) is 5.32 Å². The first-order valence-electron chi connectivity index (χ1n) is 8.53. The zero-order valence-electron chi connectivity index (χ0n) is 15.0. The van der Waals surface area contributed by atoms with Gasteiger partial charge in [-0.15, -0.1) is 0 Å². The van der Waals surface area contributed by atoms with Gasteiger partial charge < -0.3 is 5.32 Å². The normalized spacial score (nSPS) is 10.2. The summed E-state index contributed by atoms with van der Waals surface area (Å²) >= 11 is 5.22. The molecule has 0 heterocycles. The maximum atomic E-state index is 12.1. The molecule has 0 unspecified atom stereocenters. The summed E-state index contributed by atoms with van der Waals surface area (Å²) < 4.78 is 0. The highest BCUT2D eigenvalue weighted by Gasteiger charge is 2.07. The number of unbranched alkanes of at least 4 members (excludes halogenated alkanes) is 1. The number of aryl methyl sites for hydroxylation is 3. The van der Waals surface area contributed by atoms with Crippen molar-refractivity contribution < 1.29 is 4.79 Å². The fourth-order valence-electron chi connectivity index (χ4n) is 2.37. The molecule has 0 saturated heterocycles. The van der Waals surface area contributed by atoms with E-state index < -0.39 is 0 Å². The molecule has 0 aromatic heterocycles. The maximum absolute atomic E-state index is 12.1. The lowest BCUT2D eigenvalue weighted by Gasteiger charge is -2.12. The first-order chi connectivity index (χ1) is 12.0. The van der Waals surface area contributed by atoms with Gasteiger partial charge in [-0.2, -0.15) is 0 Å². The fraction of sp³-hybridized carbons (Fsp3) is 0.300. The number of hydrogen-bond acceptors (Lipinski definition) is 2. The average Bonchev–Trinajstić information content (AvgIpc) is 2.61. The van der Waals surface area contributed by atoms with Crippen LogP contribution in [0.4, 0.5) is 5.69 Å². The Hall–Kier alpha value is -2.40. The molecule has 2 aromatic carbocycles. The first-order valence-corrected chi connectivity index (χ1v) is 8.94. The second-order valence-electron chi connectivity index (χ2n) is 6.13. The topological polar surface area (TPSA) is 53.2 Å². The summed E-state index contributed by atoms with van der Waals surface area (Å²) in [6.07, 6.45) is 3.47. The SMILES string of the molecule is CCCCc1ccc(NC(=S)NNC(=O)c2ccc(C)c(C)c2)cc1. The number of carbonyl (C=O) groups excluding carboxylic acids is 1. The Labute approximate surface area is 155 Å². The number of anilines is 1. The van der Waals surface area contributed by atoms with Crippen LogP contribution in [0.15, 0.2) is 42.5 Å². The van der Waals surface area contributed by atoms with Gasteiger partial charge in [0, 0.05) is 11.3 Å². The molecule has 0 aliphatic rings. The number of carbonyl (C=O) groups is 1. The van der Waals surface area contributed by atoms with E-state index in [1.54, 1.807) is 6.07 Å². The van der Waals surface area contributed by atoms with Crippen molar-refractivity contribution in [2.24, 2.45) is 0 Å². The summed E-state index contributed by atoms with van der Waals surface area (Å²) in [4.78, 5) is 12.1. The van der Waals surface area contributed by atoms with E-state index in [9.17, 15) is 4.79 Å². The van der Waals surface area contributed by atoms with E-state index in [-0.39, 0.29) is 5.91 Å². The minimum Gasteiger partial charge on any atom is -0.331 e. The van der Waals surface area contributed by atoms with Crippen molar-refractivity contribution in [2.45, 2.75) is 40.0 Å². The van der Waals surface area contributed by atoms with Gasteiger partial charge in [0.2, 0.25) is 0 Å². The summed E-state index contributed by atoms with van der Waals surface area (Å²) in [5, 5.41) is 3.40. The van der Waals surface area contributed by atoms with E-state index >= 15 is 0 Å². The fourth-order valence-corrected chi connectivity index (χ4v) is 2.54. The van der Waals surface area contributed by atoms with Crippen LogP contribution in [0.25, 0.3) is 0 Å². The monoisotopic (exact) mass is 355 g/mol. The second-order valence-corrected chi connectivity index (χ2v) is 6.54. The molecule has 4 nitrogen and oxygen atoms in total. The van der Waals surface area contributed by atoms with Crippen LogP contribution < -0.4 is 16.2 Å². The summed E-state index contributed by atoms with van der Waals surface area (Å²) in [5.74, 6) is -0.220. The van der Waals surface area contributed by atoms with Gasteiger partial charge in [-0.1, -0.05) is 31.5 Å². The Bertz CT molecular complexity index is 741. The molecule has 2 aromatic rings. The first kappa shape index (κ1) is 18.9. The largest absolute Gasteiger partial charge is 0.331 e. The van der Waals surface area contributed by atoms with E-state index in [2.05, 4.69) is 35.2 Å². The molecule has 0 saturated carbocycles. The minimum atomic E-state index is -0.220. The van der Waals surface area contributed by atoms with Crippen LogP contribution in [0, 0.1) is 13.8 Å². The van der Waals surface area contributed by atoms with Crippen LogP contribution in [-0.4, -0.2) is 11.0 Å². The zero-order chi connectivity index (χ0) is 18.2. The van der Waals surface area contributed by atoms with Gasteiger partial charge in [0.25, 0.3) is 5.91 Å². The van der Waals surface area contributed by atoms with Crippen LogP contribution >= 0.6 is 12.2 Å². The smallest absolute Gasteiger partial charge is 0.269 e. The third-order valence-corrected chi connectivity index (χ3v) is 4.29. The van der Waals surface area contributed by atoms with Gasteiger partial charge in [-0.3, -0.25) is 15.6 Å². The number of hydrazine groups is 1. The van der Waals surface area contributed by atoms with Crippen molar-refractivity contribution in [3.8, 4) is 0 Å². The molecule has 5 heteroatoms. The summed E-state index contributed by atoms with van der Waals surface area (Å²) in [5.41, 5.74) is 10.4. The van der Waals surface area contributed by atoms with Crippen molar-refractivity contribution in [3.63, 3.8) is 0 Å². The Balaban J connectivity index is 1.83. The number of amides is 1. The van der Waals surface area contributed by atoms with Crippen molar-refractivity contribution >= 4 is 28.9 Å². The Morgan fingerprint density at radius 2 is 1.72 bits per heavy atom.